The van der Waals surface area contributed by atoms with E-state index in [1.165, 1.54) is 0 Å². The molecule has 0 aliphatic heterocycles. The monoisotopic (exact) mass is 239 g/mol. The summed E-state index contributed by atoms with van der Waals surface area (Å²) in [6.45, 7) is 3.75. The molecule has 96 valence electrons. The SMILES string of the molecule is NCCOCCOCCCOc1ccccc1. The molecule has 0 aliphatic rings. The Balaban J connectivity index is 1.85. The minimum Gasteiger partial charge on any atom is -0.494 e. The molecule has 4 nitrogen and oxygen atoms in total. The molecule has 0 radical (unpaired) electrons. The van der Waals surface area contributed by atoms with Crippen LogP contribution in [0.3, 0.4) is 0 Å². The lowest BCUT2D eigenvalue weighted by Crippen LogP contribution is -2.12. The molecule has 1 rings (SSSR count). The van der Waals surface area contributed by atoms with Gasteiger partial charge in [-0.3, -0.25) is 0 Å². The second kappa shape index (κ2) is 10.1. The summed E-state index contributed by atoms with van der Waals surface area (Å²) in [7, 11) is 0. The molecule has 1 aromatic carbocycles. The van der Waals surface area contributed by atoms with Crippen molar-refractivity contribution in [2.75, 3.05) is 39.6 Å². The molecule has 0 spiro atoms. The van der Waals surface area contributed by atoms with E-state index in [1.54, 1.807) is 0 Å². The fourth-order valence-corrected chi connectivity index (χ4v) is 1.27. The zero-order valence-electron chi connectivity index (χ0n) is 10.1. The lowest BCUT2D eigenvalue weighted by atomic mass is 10.3. The predicted molar refractivity (Wildman–Crippen MR) is 67.2 cm³/mol. The van der Waals surface area contributed by atoms with Crippen molar-refractivity contribution in [3.05, 3.63) is 30.3 Å². The highest BCUT2D eigenvalue weighted by Gasteiger charge is 1.93. The van der Waals surface area contributed by atoms with Crippen molar-refractivity contribution in [1.29, 1.82) is 0 Å². The molecular formula is C13H21NO3. The van der Waals surface area contributed by atoms with E-state index in [2.05, 4.69) is 0 Å². The average Bonchev–Trinajstić information content (AvgIpc) is 2.38. The van der Waals surface area contributed by atoms with E-state index < -0.39 is 0 Å². The van der Waals surface area contributed by atoms with Crippen molar-refractivity contribution in [1.82, 2.24) is 0 Å². The number of benzene rings is 1. The summed E-state index contributed by atoms with van der Waals surface area (Å²) in [5, 5.41) is 0. The first-order chi connectivity index (χ1) is 8.43. The van der Waals surface area contributed by atoms with Gasteiger partial charge in [0.15, 0.2) is 0 Å². The summed E-state index contributed by atoms with van der Waals surface area (Å²) in [5.41, 5.74) is 5.28. The first kappa shape index (κ1) is 14.0. The van der Waals surface area contributed by atoms with Gasteiger partial charge < -0.3 is 19.9 Å². The molecule has 0 bridgehead atoms. The first-order valence-corrected chi connectivity index (χ1v) is 5.97. The fourth-order valence-electron chi connectivity index (χ4n) is 1.27. The normalized spacial score (nSPS) is 10.4. The third kappa shape index (κ3) is 7.74. The Labute approximate surface area is 103 Å². The Morgan fingerprint density at radius 2 is 1.53 bits per heavy atom. The molecule has 0 aliphatic carbocycles. The van der Waals surface area contributed by atoms with E-state index >= 15 is 0 Å². The number of para-hydroxylation sites is 1. The molecule has 0 saturated carbocycles. The van der Waals surface area contributed by atoms with Crippen molar-refractivity contribution >= 4 is 0 Å². The van der Waals surface area contributed by atoms with Gasteiger partial charge >= 0.3 is 0 Å². The van der Waals surface area contributed by atoms with Gasteiger partial charge in [-0.25, -0.2) is 0 Å². The fraction of sp³-hybridized carbons (Fsp3) is 0.538. The highest BCUT2D eigenvalue weighted by atomic mass is 16.5. The highest BCUT2D eigenvalue weighted by molar-refractivity contribution is 5.20. The van der Waals surface area contributed by atoms with Crippen LogP contribution >= 0.6 is 0 Å². The number of hydrogen-bond donors (Lipinski definition) is 1. The van der Waals surface area contributed by atoms with Gasteiger partial charge in [-0.2, -0.15) is 0 Å². The minimum absolute atomic E-state index is 0.560. The molecule has 0 saturated heterocycles. The van der Waals surface area contributed by atoms with Crippen LogP contribution in [0.2, 0.25) is 0 Å². The molecule has 0 fully saturated rings. The average molecular weight is 239 g/mol. The molecule has 4 heteroatoms. The summed E-state index contributed by atoms with van der Waals surface area (Å²) in [6, 6.07) is 9.78. The summed E-state index contributed by atoms with van der Waals surface area (Å²) in [6.07, 6.45) is 0.881. The van der Waals surface area contributed by atoms with Crippen LogP contribution in [0.25, 0.3) is 0 Å². The highest BCUT2D eigenvalue weighted by Crippen LogP contribution is 2.08. The minimum atomic E-state index is 0.560. The Morgan fingerprint density at radius 3 is 2.24 bits per heavy atom. The van der Waals surface area contributed by atoms with E-state index in [9.17, 15) is 0 Å². The number of nitrogens with two attached hydrogens (primary N) is 1. The smallest absolute Gasteiger partial charge is 0.119 e. The van der Waals surface area contributed by atoms with E-state index in [4.69, 9.17) is 19.9 Å². The van der Waals surface area contributed by atoms with Crippen LogP contribution in [0.1, 0.15) is 6.42 Å². The van der Waals surface area contributed by atoms with Crippen molar-refractivity contribution < 1.29 is 14.2 Å². The van der Waals surface area contributed by atoms with E-state index in [0.717, 1.165) is 12.2 Å². The van der Waals surface area contributed by atoms with Gasteiger partial charge in [0.2, 0.25) is 0 Å². The van der Waals surface area contributed by atoms with Gasteiger partial charge in [0, 0.05) is 19.6 Å². The zero-order valence-corrected chi connectivity index (χ0v) is 10.1. The van der Waals surface area contributed by atoms with Gasteiger partial charge in [-0.15, -0.1) is 0 Å². The number of ether oxygens (including phenoxy) is 3. The third-order valence-electron chi connectivity index (χ3n) is 2.08. The molecule has 1 aromatic rings. The first-order valence-electron chi connectivity index (χ1n) is 5.97. The Hall–Kier alpha value is -1.10. The van der Waals surface area contributed by atoms with Crippen molar-refractivity contribution in [3.8, 4) is 5.75 Å². The van der Waals surface area contributed by atoms with Gasteiger partial charge in [0.05, 0.1) is 26.4 Å². The molecular weight excluding hydrogens is 218 g/mol. The second-order valence-electron chi connectivity index (χ2n) is 3.53. The molecule has 2 N–H and O–H groups in total. The summed E-state index contributed by atoms with van der Waals surface area (Å²) in [5.74, 6) is 0.902. The summed E-state index contributed by atoms with van der Waals surface area (Å²) in [4.78, 5) is 0. The van der Waals surface area contributed by atoms with Crippen molar-refractivity contribution in [2.45, 2.75) is 6.42 Å². The van der Waals surface area contributed by atoms with Crippen LogP contribution in [0, 0.1) is 0 Å². The van der Waals surface area contributed by atoms with Crippen LogP contribution in [-0.4, -0.2) is 39.6 Å². The third-order valence-corrected chi connectivity index (χ3v) is 2.08. The van der Waals surface area contributed by atoms with Gasteiger partial charge in [-0.1, -0.05) is 18.2 Å². The number of hydrogen-bond acceptors (Lipinski definition) is 4. The van der Waals surface area contributed by atoms with E-state index in [1.807, 2.05) is 30.3 Å². The standard InChI is InChI=1S/C13H21NO3/c14-7-10-16-12-11-15-8-4-9-17-13-5-2-1-3-6-13/h1-3,5-6H,4,7-12,14H2. The largest absolute Gasteiger partial charge is 0.494 e. The lowest BCUT2D eigenvalue weighted by molar-refractivity contribution is 0.0463. The van der Waals surface area contributed by atoms with Gasteiger partial charge in [0.25, 0.3) is 0 Å². The van der Waals surface area contributed by atoms with Crippen LogP contribution in [-0.2, 0) is 9.47 Å². The molecule has 0 unspecified atom stereocenters. The van der Waals surface area contributed by atoms with Crippen LogP contribution < -0.4 is 10.5 Å². The van der Waals surface area contributed by atoms with Crippen LogP contribution in [0.15, 0.2) is 30.3 Å². The number of rotatable bonds is 10. The van der Waals surface area contributed by atoms with Crippen molar-refractivity contribution in [2.24, 2.45) is 5.73 Å². The predicted octanol–water partition coefficient (Wildman–Crippen LogP) is 1.45. The molecule has 17 heavy (non-hydrogen) atoms. The maximum atomic E-state index is 5.52. The van der Waals surface area contributed by atoms with Crippen LogP contribution in [0.4, 0.5) is 0 Å². The molecule has 0 amide bonds. The van der Waals surface area contributed by atoms with E-state index in [0.29, 0.717) is 39.6 Å². The Morgan fingerprint density at radius 1 is 0.824 bits per heavy atom. The maximum Gasteiger partial charge on any atom is 0.119 e. The summed E-state index contributed by atoms with van der Waals surface area (Å²) >= 11 is 0. The second-order valence-corrected chi connectivity index (χ2v) is 3.53. The topological polar surface area (TPSA) is 53.7 Å². The van der Waals surface area contributed by atoms with Crippen molar-refractivity contribution in [3.63, 3.8) is 0 Å². The molecule has 0 heterocycles. The van der Waals surface area contributed by atoms with Crippen LogP contribution in [0.5, 0.6) is 5.75 Å². The maximum absolute atomic E-state index is 5.52. The zero-order chi connectivity index (χ0) is 12.2. The van der Waals surface area contributed by atoms with Gasteiger partial charge in [0.1, 0.15) is 5.75 Å². The van der Waals surface area contributed by atoms with Gasteiger partial charge in [-0.05, 0) is 12.1 Å². The Kier molecular flexibility index (Phi) is 8.28. The summed E-state index contributed by atoms with van der Waals surface area (Å²) < 4.78 is 16.1. The molecule has 0 aromatic heterocycles. The Bertz CT molecular complexity index is 267. The quantitative estimate of drug-likeness (QED) is 0.628. The molecule has 0 atom stereocenters. The lowest BCUT2D eigenvalue weighted by Gasteiger charge is -2.07. The van der Waals surface area contributed by atoms with E-state index in [-0.39, 0.29) is 0 Å².